The maximum atomic E-state index is 14.6. The van der Waals surface area contributed by atoms with Gasteiger partial charge >= 0.3 is 12.2 Å². The number of amides is 2. The summed E-state index contributed by atoms with van der Waals surface area (Å²) in [5.41, 5.74) is 2.49. The Morgan fingerprint density at radius 1 is 0.656 bits per heavy atom. The van der Waals surface area contributed by atoms with Crippen LogP contribution in [-0.2, 0) is 22.3 Å². The molecule has 1 N–H and O–H groups in total. The molecular formula is C50H74N4O10. The van der Waals surface area contributed by atoms with Gasteiger partial charge in [-0.15, -0.1) is 0 Å². The van der Waals surface area contributed by atoms with E-state index in [4.69, 9.17) is 28.1 Å². The molecule has 5 rings (SSSR count). The average molecular weight is 891 g/mol. The number of phenolic OH excluding ortho intramolecular Hbond substituents is 1. The van der Waals surface area contributed by atoms with Crippen LogP contribution < -0.4 is 19.6 Å². The number of fused-ring (bicyclic) bond motifs is 2. The second-order valence-corrected chi connectivity index (χ2v) is 19.5. The highest BCUT2D eigenvalue weighted by molar-refractivity contribution is 5.98. The first-order valence-corrected chi connectivity index (χ1v) is 23.0. The summed E-state index contributed by atoms with van der Waals surface area (Å²) < 4.78 is 36.4. The van der Waals surface area contributed by atoms with Crippen LogP contribution in [0.4, 0.5) is 9.59 Å². The monoisotopic (exact) mass is 891 g/mol. The Morgan fingerprint density at radius 3 is 1.55 bits per heavy atom. The van der Waals surface area contributed by atoms with Gasteiger partial charge in [0.1, 0.15) is 39.3 Å². The van der Waals surface area contributed by atoms with E-state index in [1.54, 1.807) is 29.0 Å². The second kappa shape index (κ2) is 22.3. The fourth-order valence-electron chi connectivity index (χ4n) is 7.87. The van der Waals surface area contributed by atoms with Gasteiger partial charge in [0, 0.05) is 75.6 Å². The van der Waals surface area contributed by atoms with Crippen molar-refractivity contribution in [2.24, 2.45) is 0 Å². The number of hydrogen-bond donors (Lipinski definition) is 1. The molecule has 0 radical (unpaired) electrons. The van der Waals surface area contributed by atoms with Crippen LogP contribution in [0.5, 0.6) is 23.0 Å². The molecule has 14 nitrogen and oxygen atoms in total. The summed E-state index contributed by atoms with van der Waals surface area (Å²) in [4.78, 5) is 47.9. The van der Waals surface area contributed by atoms with Gasteiger partial charge < -0.3 is 43.0 Å². The molecule has 0 spiro atoms. The van der Waals surface area contributed by atoms with Crippen molar-refractivity contribution in [1.29, 1.82) is 0 Å². The molecule has 14 heteroatoms. The van der Waals surface area contributed by atoms with Gasteiger partial charge in [-0.1, -0.05) is 23.3 Å². The highest BCUT2D eigenvalue weighted by atomic mass is 16.6. The molecule has 0 saturated carbocycles. The average Bonchev–Trinajstić information content (AvgIpc) is 3.21. The Bertz CT molecular complexity index is 2190. The standard InChI is InChI=1S/C50H74N4O10/c1-34(2)16-18-36-38(60-30-14-12-20-51-22-26-53(27-23-51)47(57)63-49(5,6)7)32-40-43(44(36)55)45(56)42-37(19-17-35(3)4)46(59-11)41(33-39(42)62-40)61-31-15-13-21-52-24-28-54(29-25-52)48(58)64-50(8,9)10/h16-17,32-33,55H,12-15,18-31H2,1-11H3. The summed E-state index contributed by atoms with van der Waals surface area (Å²) in [6.07, 6.45) is 7.63. The van der Waals surface area contributed by atoms with E-state index >= 15 is 0 Å². The molecule has 2 saturated heterocycles. The minimum atomic E-state index is -0.518. The summed E-state index contributed by atoms with van der Waals surface area (Å²) >= 11 is 0. The molecule has 0 aliphatic carbocycles. The van der Waals surface area contributed by atoms with Gasteiger partial charge in [0.2, 0.25) is 5.43 Å². The number of allylic oxidation sites excluding steroid dienone is 4. The summed E-state index contributed by atoms with van der Waals surface area (Å²) in [5, 5.41) is 12.3. The van der Waals surface area contributed by atoms with Crippen molar-refractivity contribution >= 4 is 34.1 Å². The van der Waals surface area contributed by atoms with Crippen LogP contribution in [0.3, 0.4) is 0 Å². The van der Waals surface area contributed by atoms with Crippen molar-refractivity contribution in [3.63, 3.8) is 0 Å². The lowest BCUT2D eigenvalue weighted by atomic mass is 9.98. The zero-order chi connectivity index (χ0) is 46.8. The fourth-order valence-corrected chi connectivity index (χ4v) is 7.87. The summed E-state index contributed by atoms with van der Waals surface area (Å²) in [6.45, 7) is 27.5. The molecule has 354 valence electrons. The van der Waals surface area contributed by atoms with Crippen molar-refractivity contribution in [2.45, 2.75) is 119 Å². The molecule has 0 atom stereocenters. The van der Waals surface area contributed by atoms with E-state index in [1.165, 1.54) is 0 Å². The lowest BCUT2D eigenvalue weighted by Crippen LogP contribution is -2.50. The van der Waals surface area contributed by atoms with Gasteiger partial charge in [-0.25, -0.2) is 9.59 Å². The Morgan fingerprint density at radius 2 is 1.09 bits per heavy atom. The lowest BCUT2D eigenvalue weighted by Gasteiger charge is -2.35. The van der Waals surface area contributed by atoms with Crippen LogP contribution in [0, 0.1) is 0 Å². The number of methoxy groups -OCH3 is 1. The molecule has 64 heavy (non-hydrogen) atoms. The lowest BCUT2D eigenvalue weighted by molar-refractivity contribution is 0.0134. The van der Waals surface area contributed by atoms with E-state index in [1.807, 2.05) is 81.4 Å². The molecule has 0 bridgehead atoms. The zero-order valence-corrected chi connectivity index (χ0v) is 40.4. The van der Waals surface area contributed by atoms with Crippen LogP contribution in [0.1, 0.15) is 106 Å². The van der Waals surface area contributed by atoms with Crippen molar-refractivity contribution in [3.05, 3.63) is 56.8 Å². The molecule has 0 unspecified atom stereocenters. The Kier molecular flexibility index (Phi) is 17.4. The quantitative estimate of drug-likeness (QED) is 0.0785. The number of phenols is 1. The second-order valence-electron chi connectivity index (χ2n) is 19.5. The molecule has 2 aromatic carbocycles. The molecule has 2 aliphatic rings. The van der Waals surface area contributed by atoms with E-state index < -0.39 is 11.2 Å². The third kappa shape index (κ3) is 14.0. The van der Waals surface area contributed by atoms with E-state index in [9.17, 15) is 19.5 Å². The first-order chi connectivity index (χ1) is 30.2. The molecule has 2 amide bonds. The number of nitrogens with zero attached hydrogens (tertiary/aromatic N) is 4. The number of hydrogen-bond acceptors (Lipinski definition) is 12. The van der Waals surface area contributed by atoms with Crippen molar-refractivity contribution in [1.82, 2.24) is 19.6 Å². The van der Waals surface area contributed by atoms with Gasteiger partial charge in [-0.2, -0.15) is 0 Å². The third-order valence-corrected chi connectivity index (χ3v) is 11.2. The number of carbonyl (C=O) groups is 2. The highest BCUT2D eigenvalue weighted by Gasteiger charge is 2.28. The Balaban J connectivity index is 1.30. The zero-order valence-electron chi connectivity index (χ0n) is 40.4. The van der Waals surface area contributed by atoms with E-state index in [0.717, 1.165) is 76.1 Å². The van der Waals surface area contributed by atoms with Gasteiger partial charge in [-0.3, -0.25) is 14.6 Å². The number of rotatable bonds is 17. The fraction of sp³-hybridized carbons (Fsp3) is 0.620. The third-order valence-electron chi connectivity index (χ3n) is 11.2. The van der Waals surface area contributed by atoms with Crippen molar-refractivity contribution < 1.29 is 42.8 Å². The highest BCUT2D eigenvalue weighted by Crippen LogP contribution is 2.42. The van der Waals surface area contributed by atoms with Crippen LogP contribution in [0.25, 0.3) is 21.9 Å². The van der Waals surface area contributed by atoms with Gasteiger partial charge in [0.05, 0.1) is 25.7 Å². The number of aromatic hydroxyl groups is 1. The topological polar surface area (TPSA) is 144 Å². The van der Waals surface area contributed by atoms with E-state index in [2.05, 4.69) is 9.80 Å². The largest absolute Gasteiger partial charge is 0.507 e. The molecule has 2 fully saturated rings. The van der Waals surface area contributed by atoms with Crippen LogP contribution in [0.2, 0.25) is 0 Å². The van der Waals surface area contributed by atoms with E-state index in [-0.39, 0.29) is 34.3 Å². The van der Waals surface area contributed by atoms with Crippen molar-refractivity contribution in [2.75, 3.05) is 85.8 Å². The van der Waals surface area contributed by atoms with Gasteiger partial charge in [0.15, 0.2) is 11.5 Å². The number of piperazine rings is 2. The van der Waals surface area contributed by atoms with Gasteiger partial charge in [0.25, 0.3) is 0 Å². The van der Waals surface area contributed by atoms with Crippen LogP contribution >= 0.6 is 0 Å². The first-order valence-electron chi connectivity index (χ1n) is 23.0. The number of benzene rings is 2. The predicted molar refractivity (Wildman–Crippen MR) is 252 cm³/mol. The summed E-state index contributed by atoms with van der Waals surface area (Å²) in [5.74, 6) is 1.26. The molecule has 2 aliphatic heterocycles. The maximum Gasteiger partial charge on any atom is 0.410 e. The summed E-state index contributed by atoms with van der Waals surface area (Å²) in [7, 11) is 1.57. The van der Waals surface area contributed by atoms with E-state index in [0.29, 0.717) is 91.6 Å². The number of carbonyl (C=O) groups excluding carboxylic acids is 2. The number of unbranched alkanes of at least 4 members (excludes halogenated alkanes) is 2. The number of ether oxygens (including phenoxy) is 5. The van der Waals surface area contributed by atoms with Gasteiger partial charge in [-0.05, 0) is 121 Å². The van der Waals surface area contributed by atoms with Crippen LogP contribution in [-0.4, -0.2) is 134 Å². The Hall–Kier alpha value is -4.95. The maximum absolute atomic E-state index is 14.6. The normalized spacial score (nSPS) is 15.3. The first kappa shape index (κ1) is 50.1. The molecule has 3 heterocycles. The molecule has 3 aromatic rings. The van der Waals surface area contributed by atoms with Crippen LogP contribution in [0.15, 0.2) is 44.6 Å². The smallest absolute Gasteiger partial charge is 0.410 e. The molecule has 1 aromatic heterocycles. The molecular weight excluding hydrogens is 817 g/mol. The van der Waals surface area contributed by atoms with Crippen molar-refractivity contribution in [3.8, 4) is 23.0 Å². The summed E-state index contributed by atoms with van der Waals surface area (Å²) in [6, 6.07) is 3.45. The minimum absolute atomic E-state index is 0.101. The Labute approximate surface area is 380 Å². The predicted octanol–water partition coefficient (Wildman–Crippen LogP) is 9.10. The minimum Gasteiger partial charge on any atom is -0.507 e. The SMILES string of the molecule is COc1c(OCCCCN2CCN(C(=O)OC(C)(C)C)CC2)cc2oc3cc(OCCCCN4CCN(C(=O)OC(C)(C)C)CC4)c(CC=C(C)C)c(O)c3c(=O)c2c1CC=C(C)C.